The standard InChI is InChI=1S/C18H17NO6/c1-2-23-8-9-25-18(22)12-5-6-14-15(10-12)17(21)19(16(14)20)11-13-4-3-7-24-13/h3-7,10H,2,8-9,11H2,1H3. The van der Waals surface area contributed by atoms with Crippen molar-refractivity contribution in [1.29, 1.82) is 0 Å². The molecule has 130 valence electrons. The van der Waals surface area contributed by atoms with Crippen molar-refractivity contribution in [3.05, 3.63) is 59.0 Å². The zero-order valence-corrected chi connectivity index (χ0v) is 13.7. The third-order valence-corrected chi connectivity index (χ3v) is 3.77. The van der Waals surface area contributed by atoms with Gasteiger partial charge in [0, 0.05) is 6.61 Å². The van der Waals surface area contributed by atoms with Gasteiger partial charge in [-0.3, -0.25) is 14.5 Å². The van der Waals surface area contributed by atoms with E-state index in [1.54, 1.807) is 12.1 Å². The smallest absolute Gasteiger partial charge is 0.338 e. The molecule has 1 aliphatic heterocycles. The Bertz CT molecular complexity index is 796. The van der Waals surface area contributed by atoms with Crippen LogP contribution in [0.4, 0.5) is 0 Å². The van der Waals surface area contributed by atoms with Crippen LogP contribution in [0.5, 0.6) is 0 Å². The maximum atomic E-state index is 12.5. The lowest BCUT2D eigenvalue weighted by atomic mass is 10.1. The number of hydrogen-bond donors (Lipinski definition) is 0. The van der Waals surface area contributed by atoms with Crippen LogP contribution in [-0.4, -0.2) is 42.5 Å². The number of hydrogen-bond acceptors (Lipinski definition) is 6. The Balaban J connectivity index is 1.73. The molecule has 0 N–H and O–H groups in total. The Kier molecular flexibility index (Phi) is 4.95. The summed E-state index contributed by atoms with van der Waals surface area (Å²) in [7, 11) is 0. The van der Waals surface area contributed by atoms with E-state index in [4.69, 9.17) is 13.9 Å². The van der Waals surface area contributed by atoms with E-state index in [2.05, 4.69) is 0 Å². The summed E-state index contributed by atoms with van der Waals surface area (Å²) in [5.74, 6) is -0.926. The molecule has 3 rings (SSSR count). The van der Waals surface area contributed by atoms with Crippen LogP contribution >= 0.6 is 0 Å². The maximum Gasteiger partial charge on any atom is 0.338 e. The Morgan fingerprint density at radius 2 is 1.92 bits per heavy atom. The van der Waals surface area contributed by atoms with E-state index < -0.39 is 17.8 Å². The first kappa shape index (κ1) is 16.9. The van der Waals surface area contributed by atoms with Crippen LogP contribution in [0.2, 0.25) is 0 Å². The maximum absolute atomic E-state index is 12.5. The highest BCUT2D eigenvalue weighted by molar-refractivity contribution is 6.21. The normalized spacial score (nSPS) is 13.2. The van der Waals surface area contributed by atoms with Gasteiger partial charge < -0.3 is 13.9 Å². The van der Waals surface area contributed by atoms with Gasteiger partial charge >= 0.3 is 5.97 Å². The fourth-order valence-corrected chi connectivity index (χ4v) is 2.54. The molecule has 7 nitrogen and oxygen atoms in total. The molecule has 1 aliphatic rings. The average molecular weight is 343 g/mol. The molecule has 0 atom stereocenters. The Labute approximate surface area is 144 Å². The van der Waals surface area contributed by atoms with Crippen LogP contribution < -0.4 is 0 Å². The van der Waals surface area contributed by atoms with E-state index in [0.717, 1.165) is 4.90 Å². The van der Waals surface area contributed by atoms with Crippen LogP contribution in [-0.2, 0) is 16.0 Å². The van der Waals surface area contributed by atoms with Crippen LogP contribution in [0.15, 0.2) is 41.0 Å². The molecule has 2 aromatic rings. The molecule has 0 aliphatic carbocycles. The van der Waals surface area contributed by atoms with Crippen molar-refractivity contribution in [2.45, 2.75) is 13.5 Å². The Hall–Kier alpha value is -2.93. The number of benzene rings is 1. The molecule has 1 aromatic carbocycles. The van der Waals surface area contributed by atoms with Gasteiger partial charge in [-0.2, -0.15) is 0 Å². The number of imide groups is 1. The molecule has 0 radical (unpaired) electrons. The third-order valence-electron chi connectivity index (χ3n) is 3.77. The van der Waals surface area contributed by atoms with Gasteiger partial charge in [0.2, 0.25) is 0 Å². The van der Waals surface area contributed by atoms with E-state index in [0.29, 0.717) is 19.0 Å². The van der Waals surface area contributed by atoms with Crippen molar-refractivity contribution in [3.63, 3.8) is 0 Å². The van der Waals surface area contributed by atoms with E-state index in [9.17, 15) is 14.4 Å². The molecule has 2 amide bonds. The van der Waals surface area contributed by atoms with E-state index in [-0.39, 0.29) is 29.8 Å². The molecular weight excluding hydrogens is 326 g/mol. The highest BCUT2D eigenvalue weighted by atomic mass is 16.6. The van der Waals surface area contributed by atoms with Crippen molar-refractivity contribution < 1.29 is 28.3 Å². The summed E-state index contributed by atoms with van der Waals surface area (Å²) in [6.45, 7) is 2.87. The summed E-state index contributed by atoms with van der Waals surface area (Å²) in [5.41, 5.74) is 0.675. The zero-order valence-electron chi connectivity index (χ0n) is 13.7. The number of carbonyl (C=O) groups excluding carboxylic acids is 3. The zero-order chi connectivity index (χ0) is 17.8. The van der Waals surface area contributed by atoms with Gasteiger partial charge in [-0.25, -0.2) is 4.79 Å². The number of carbonyl (C=O) groups is 3. The van der Waals surface area contributed by atoms with Crippen LogP contribution in [0.1, 0.15) is 43.8 Å². The second-order valence-electron chi connectivity index (χ2n) is 5.37. The first-order chi connectivity index (χ1) is 12.1. The van der Waals surface area contributed by atoms with Crippen molar-refractivity contribution in [3.8, 4) is 0 Å². The number of ether oxygens (including phenoxy) is 2. The van der Waals surface area contributed by atoms with E-state index >= 15 is 0 Å². The number of rotatable bonds is 7. The lowest BCUT2D eigenvalue weighted by Gasteiger charge is -2.11. The van der Waals surface area contributed by atoms with Gasteiger partial charge in [0.1, 0.15) is 12.4 Å². The van der Waals surface area contributed by atoms with Gasteiger partial charge in [0.25, 0.3) is 11.8 Å². The summed E-state index contributed by atoms with van der Waals surface area (Å²) in [6.07, 6.45) is 1.48. The second-order valence-corrected chi connectivity index (χ2v) is 5.37. The average Bonchev–Trinajstić information content (AvgIpc) is 3.21. The summed E-state index contributed by atoms with van der Waals surface area (Å²) >= 11 is 0. The van der Waals surface area contributed by atoms with Gasteiger partial charge in [-0.05, 0) is 37.3 Å². The van der Waals surface area contributed by atoms with Crippen molar-refractivity contribution in [2.24, 2.45) is 0 Å². The second kappa shape index (κ2) is 7.31. The van der Waals surface area contributed by atoms with Gasteiger partial charge in [0.15, 0.2) is 0 Å². The van der Waals surface area contributed by atoms with Gasteiger partial charge in [0.05, 0.1) is 36.1 Å². The molecular formula is C18H17NO6. The topological polar surface area (TPSA) is 86.1 Å². The first-order valence-corrected chi connectivity index (χ1v) is 7.89. The summed E-state index contributed by atoms with van der Waals surface area (Å²) in [5, 5.41) is 0. The largest absolute Gasteiger partial charge is 0.467 e. The van der Waals surface area contributed by atoms with Crippen LogP contribution in [0.25, 0.3) is 0 Å². The van der Waals surface area contributed by atoms with Crippen LogP contribution in [0, 0.1) is 0 Å². The van der Waals surface area contributed by atoms with Gasteiger partial charge in [-0.15, -0.1) is 0 Å². The van der Waals surface area contributed by atoms with Crippen molar-refractivity contribution >= 4 is 17.8 Å². The molecule has 0 saturated carbocycles. The quantitative estimate of drug-likeness (QED) is 0.435. The molecule has 0 unspecified atom stereocenters. The lowest BCUT2D eigenvalue weighted by Crippen LogP contribution is -2.28. The van der Waals surface area contributed by atoms with Gasteiger partial charge in [-0.1, -0.05) is 0 Å². The summed E-state index contributed by atoms with van der Waals surface area (Å²) < 4.78 is 15.4. The predicted molar refractivity (Wildman–Crippen MR) is 86.1 cm³/mol. The lowest BCUT2D eigenvalue weighted by molar-refractivity contribution is 0.0335. The first-order valence-electron chi connectivity index (χ1n) is 7.89. The number of amides is 2. The summed E-state index contributed by atoms with van der Waals surface area (Å²) in [6, 6.07) is 7.70. The minimum Gasteiger partial charge on any atom is -0.467 e. The number of furan rings is 1. The monoisotopic (exact) mass is 343 g/mol. The minimum atomic E-state index is -0.563. The number of fused-ring (bicyclic) bond motifs is 1. The molecule has 0 fully saturated rings. The molecule has 0 saturated heterocycles. The fraction of sp³-hybridized carbons (Fsp3) is 0.278. The van der Waals surface area contributed by atoms with Crippen molar-refractivity contribution in [2.75, 3.05) is 19.8 Å². The molecule has 0 bridgehead atoms. The highest BCUT2D eigenvalue weighted by Crippen LogP contribution is 2.26. The molecule has 25 heavy (non-hydrogen) atoms. The Morgan fingerprint density at radius 1 is 1.12 bits per heavy atom. The predicted octanol–water partition coefficient (Wildman–Crippen LogP) is 2.27. The molecule has 1 aromatic heterocycles. The summed E-state index contributed by atoms with van der Waals surface area (Å²) in [4.78, 5) is 38.0. The minimum absolute atomic E-state index is 0.0491. The number of esters is 1. The number of nitrogens with zero attached hydrogens (tertiary/aromatic N) is 1. The third kappa shape index (κ3) is 3.46. The van der Waals surface area contributed by atoms with Crippen molar-refractivity contribution in [1.82, 2.24) is 4.90 Å². The highest BCUT2D eigenvalue weighted by Gasteiger charge is 2.36. The fourth-order valence-electron chi connectivity index (χ4n) is 2.54. The Morgan fingerprint density at radius 3 is 2.64 bits per heavy atom. The van der Waals surface area contributed by atoms with Crippen LogP contribution in [0.3, 0.4) is 0 Å². The molecule has 7 heteroatoms. The molecule has 2 heterocycles. The SMILES string of the molecule is CCOCCOC(=O)c1ccc2c(c1)C(=O)N(Cc1ccco1)C2=O. The van der Waals surface area contributed by atoms with E-state index in [1.807, 2.05) is 6.92 Å². The van der Waals surface area contributed by atoms with E-state index in [1.165, 1.54) is 24.5 Å². The molecule has 0 spiro atoms.